The zero-order valence-corrected chi connectivity index (χ0v) is 16.7. The largest absolute Gasteiger partial charge is 0.497 e. The fourth-order valence-electron chi connectivity index (χ4n) is 2.97. The summed E-state index contributed by atoms with van der Waals surface area (Å²) in [4.78, 5) is 25.6. The van der Waals surface area contributed by atoms with E-state index in [1.54, 1.807) is 31.4 Å². The van der Waals surface area contributed by atoms with Crippen LogP contribution in [0.25, 0.3) is 11.0 Å². The van der Waals surface area contributed by atoms with Crippen LogP contribution in [0.15, 0.2) is 63.8 Å². The molecule has 29 heavy (non-hydrogen) atoms. The van der Waals surface area contributed by atoms with Crippen LogP contribution in [0.2, 0.25) is 0 Å². The van der Waals surface area contributed by atoms with Crippen LogP contribution < -0.4 is 20.4 Å². The average Bonchev–Trinajstić information content (AvgIpc) is 2.72. The molecular weight excluding hydrogens is 372 g/mol. The second kappa shape index (κ2) is 9.25. The Hall–Kier alpha value is -3.32. The van der Waals surface area contributed by atoms with E-state index < -0.39 is 5.63 Å². The van der Waals surface area contributed by atoms with E-state index >= 15 is 0 Å². The van der Waals surface area contributed by atoms with Crippen molar-refractivity contribution in [1.29, 1.82) is 0 Å². The third-order valence-corrected chi connectivity index (χ3v) is 4.58. The maximum atomic E-state index is 12.2. The van der Waals surface area contributed by atoms with Crippen molar-refractivity contribution >= 4 is 16.9 Å². The minimum absolute atomic E-state index is 0.0137. The Morgan fingerprint density at radius 3 is 2.45 bits per heavy atom. The highest BCUT2D eigenvalue weighted by atomic mass is 16.5. The van der Waals surface area contributed by atoms with Crippen LogP contribution in [0, 0.1) is 0 Å². The third kappa shape index (κ3) is 5.36. The number of nitrogens with zero attached hydrogens (tertiary/aromatic N) is 1. The summed E-state index contributed by atoms with van der Waals surface area (Å²) < 4.78 is 15.9. The van der Waals surface area contributed by atoms with Crippen LogP contribution in [0.4, 0.5) is 0 Å². The highest BCUT2D eigenvalue weighted by Gasteiger charge is 2.15. The second-order valence-electron chi connectivity index (χ2n) is 6.80. The summed E-state index contributed by atoms with van der Waals surface area (Å²) in [6, 6.07) is 15.9. The number of fused-ring (bicyclic) bond motifs is 1. The molecule has 7 nitrogen and oxygen atoms in total. The number of hydrogen-bond acceptors (Lipinski definition) is 6. The standard InChI is InChI=1S/C22H24N2O5/c1-24(2)19(15-4-8-17(27-3)9-5-15)13-23-21(25)14-28-18-10-6-16-7-11-22(26)29-20(16)12-18/h4-12,19H,13-14H2,1-3H3,(H,23,25). The van der Waals surface area contributed by atoms with Gasteiger partial charge in [0.2, 0.25) is 0 Å². The summed E-state index contributed by atoms with van der Waals surface area (Å²) >= 11 is 0. The monoisotopic (exact) mass is 396 g/mol. The summed E-state index contributed by atoms with van der Waals surface area (Å²) in [6.45, 7) is 0.305. The number of benzene rings is 2. The molecule has 0 aliphatic rings. The van der Waals surface area contributed by atoms with E-state index in [4.69, 9.17) is 13.9 Å². The zero-order valence-electron chi connectivity index (χ0n) is 16.7. The molecular formula is C22H24N2O5. The molecule has 1 atom stereocenters. The second-order valence-corrected chi connectivity index (χ2v) is 6.80. The van der Waals surface area contributed by atoms with Crippen LogP contribution in [0.3, 0.4) is 0 Å². The molecule has 3 aromatic rings. The number of carbonyl (C=O) groups is 1. The molecule has 2 aromatic carbocycles. The molecule has 7 heteroatoms. The number of likely N-dealkylation sites (N-methyl/N-ethyl adjacent to an activating group) is 1. The van der Waals surface area contributed by atoms with Crippen LogP contribution in [0.1, 0.15) is 11.6 Å². The fourth-order valence-corrected chi connectivity index (χ4v) is 2.97. The molecule has 0 spiro atoms. The number of methoxy groups -OCH3 is 1. The first-order chi connectivity index (χ1) is 14.0. The molecule has 0 aliphatic heterocycles. The van der Waals surface area contributed by atoms with Gasteiger partial charge >= 0.3 is 5.63 Å². The number of nitrogens with one attached hydrogen (secondary N) is 1. The molecule has 0 saturated heterocycles. The van der Waals surface area contributed by atoms with E-state index in [9.17, 15) is 9.59 Å². The van der Waals surface area contributed by atoms with Gasteiger partial charge in [-0.3, -0.25) is 4.79 Å². The lowest BCUT2D eigenvalue weighted by atomic mass is 10.1. The van der Waals surface area contributed by atoms with Crippen LogP contribution in [-0.4, -0.2) is 45.2 Å². The first-order valence-corrected chi connectivity index (χ1v) is 9.20. The normalized spacial score (nSPS) is 12.0. The number of rotatable bonds is 8. The van der Waals surface area contributed by atoms with Crippen molar-refractivity contribution < 1.29 is 18.7 Å². The van der Waals surface area contributed by atoms with E-state index in [2.05, 4.69) is 5.32 Å². The summed E-state index contributed by atoms with van der Waals surface area (Å²) in [5.41, 5.74) is 1.06. The Balaban J connectivity index is 1.57. The van der Waals surface area contributed by atoms with Gasteiger partial charge in [-0.2, -0.15) is 0 Å². The van der Waals surface area contributed by atoms with Crippen molar-refractivity contribution in [1.82, 2.24) is 10.2 Å². The first kappa shape index (κ1) is 20.4. The lowest BCUT2D eigenvalue weighted by molar-refractivity contribution is -0.123. The Morgan fingerprint density at radius 2 is 1.76 bits per heavy atom. The Bertz CT molecular complexity index is 1030. The molecule has 1 N–H and O–H groups in total. The minimum atomic E-state index is -0.430. The van der Waals surface area contributed by atoms with Gasteiger partial charge in [-0.05, 0) is 50.0 Å². The van der Waals surface area contributed by atoms with Gasteiger partial charge in [0.25, 0.3) is 5.91 Å². The van der Waals surface area contributed by atoms with E-state index in [0.29, 0.717) is 17.9 Å². The van der Waals surface area contributed by atoms with Gasteiger partial charge < -0.3 is 24.1 Å². The maximum absolute atomic E-state index is 12.2. The summed E-state index contributed by atoms with van der Waals surface area (Å²) in [6.07, 6.45) is 0. The molecule has 0 aliphatic carbocycles. The molecule has 1 aromatic heterocycles. The molecule has 3 rings (SSSR count). The Kier molecular flexibility index (Phi) is 6.51. The predicted molar refractivity (Wildman–Crippen MR) is 110 cm³/mol. The minimum Gasteiger partial charge on any atom is -0.497 e. The number of hydrogen-bond donors (Lipinski definition) is 1. The number of amides is 1. The van der Waals surface area contributed by atoms with E-state index in [1.165, 1.54) is 6.07 Å². The van der Waals surface area contributed by atoms with Gasteiger partial charge in [0, 0.05) is 24.1 Å². The van der Waals surface area contributed by atoms with Gasteiger partial charge in [-0.15, -0.1) is 0 Å². The molecule has 0 bridgehead atoms. The highest BCUT2D eigenvalue weighted by Crippen LogP contribution is 2.21. The quantitative estimate of drug-likeness (QED) is 0.590. The third-order valence-electron chi connectivity index (χ3n) is 4.58. The van der Waals surface area contributed by atoms with Crippen molar-refractivity contribution in [2.75, 3.05) is 34.4 Å². The molecule has 1 heterocycles. The molecule has 0 fully saturated rings. The number of ether oxygens (including phenoxy) is 2. The smallest absolute Gasteiger partial charge is 0.336 e. The van der Waals surface area contributed by atoms with Gasteiger partial charge in [0.15, 0.2) is 6.61 Å². The van der Waals surface area contributed by atoms with E-state index in [0.717, 1.165) is 16.7 Å². The molecule has 1 unspecified atom stereocenters. The molecule has 1 amide bonds. The van der Waals surface area contributed by atoms with E-state index in [-0.39, 0.29) is 18.6 Å². The molecule has 0 radical (unpaired) electrons. The SMILES string of the molecule is COc1ccc(C(CNC(=O)COc2ccc3ccc(=O)oc3c2)N(C)C)cc1. The van der Waals surface area contributed by atoms with E-state index in [1.807, 2.05) is 43.3 Å². The van der Waals surface area contributed by atoms with Gasteiger partial charge in [-0.25, -0.2) is 4.79 Å². The van der Waals surface area contributed by atoms with Crippen LogP contribution >= 0.6 is 0 Å². The lowest BCUT2D eigenvalue weighted by Gasteiger charge is -2.25. The molecule has 152 valence electrons. The molecule has 0 saturated carbocycles. The number of carbonyl (C=O) groups excluding carboxylic acids is 1. The topological polar surface area (TPSA) is 81.0 Å². The first-order valence-electron chi connectivity index (χ1n) is 9.20. The van der Waals surface area contributed by atoms with Crippen molar-refractivity contribution in [2.45, 2.75) is 6.04 Å². The highest BCUT2D eigenvalue weighted by molar-refractivity contribution is 5.79. The fraction of sp³-hybridized carbons (Fsp3) is 0.273. The van der Waals surface area contributed by atoms with Crippen LogP contribution in [-0.2, 0) is 4.79 Å². The maximum Gasteiger partial charge on any atom is 0.336 e. The Morgan fingerprint density at radius 1 is 1.07 bits per heavy atom. The van der Waals surface area contributed by atoms with Gasteiger partial charge in [0.05, 0.1) is 13.2 Å². The van der Waals surface area contributed by atoms with Crippen LogP contribution in [0.5, 0.6) is 11.5 Å². The van der Waals surface area contributed by atoms with Crippen molar-refractivity contribution in [3.05, 3.63) is 70.6 Å². The predicted octanol–water partition coefficient (Wildman–Crippen LogP) is 2.60. The summed E-state index contributed by atoms with van der Waals surface area (Å²) in [5.74, 6) is 1.01. The van der Waals surface area contributed by atoms with Crippen molar-refractivity contribution in [3.8, 4) is 11.5 Å². The summed E-state index contributed by atoms with van der Waals surface area (Å²) in [7, 11) is 5.54. The van der Waals surface area contributed by atoms with Gasteiger partial charge in [0.1, 0.15) is 17.1 Å². The zero-order chi connectivity index (χ0) is 20.8. The van der Waals surface area contributed by atoms with Gasteiger partial charge in [-0.1, -0.05) is 12.1 Å². The average molecular weight is 396 g/mol. The summed E-state index contributed by atoms with van der Waals surface area (Å²) in [5, 5.41) is 3.68. The lowest BCUT2D eigenvalue weighted by Crippen LogP contribution is -2.36. The van der Waals surface area contributed by atoms with Crippen molar-refractivity contribution in [2.24, 2.45) is 0 Å². The van der Waals surface area contributed by atoms with Crippen molar-refractivity contribution in [3.63, 3.8) is 0 Å². The Labute approximate surface area is 168 Å².